The summed E-state index contributed by atoms with van der Waals surface area (Å²) in [5.41, 5.74) is 0. The van der Waals surface area contributed by atoms with Gasteiger partial charge in [-0.2, -0.15) is 8.42 Å². The average Bonchev–Trinajstić information content (AvgIpc) is 2.11. The second kappa shape index (κ2) is 2.50. The van der Waals surface area contributed by atoms with E-state index in [-0.39, 0.29) is 4.21 Å². The molecule has 0 spiro atoms. The maximum absolute atomic E-state index is 10.4. The Morgan fingerprint density at radius 2 is 2.20 bits per heavy atom. The van der Waals surface area contributed by atoms with Crippen molar-refractivity contribution in [2.45, 2.75) is 4.21 Å². The molecule has 0 saturated heterocycles. The first-order valence-electron chi connectivity index (χ1n) is 2.21. The zero-order valence-corrected chi connectivity index (χ0v) is 7.00. The van der Waals surface area contributed by atoms with E-state index < -0.39 is 10.1 Å². The molecular weight excluding hydrogens is 196 g/mol. The number of thiophene rings is 1. The Morgan fingerprint density at radius 1 is 1.60 bits per heavy atom. The lowest BCUT2D eigenvalue weighted by molar-refractivity contribution is 0.485. The van der Waals surface area contributed by atoms with Crippen LogP contribution in [0, 0.1) is 0 Å². The van der Waals surface area contributed by atoms with E-state index in [1.807, 2.05) is 0 Å². The quantitative estimate of drug-likeness (QED) is 0.699. The van der Waals surface area contributed by atoms with Gasteiger partial charge in [-0.1, -0.05) is 11.6 Å². The van der Waals surface area contributed by atoms with E-state index >= 15 is 0 Å². The van der Waals surface area contributed by atoms with Gasteiger partial charge in [-0.25, -0.2) is 0 Å². The van der Waals surface area contributed by atoms with Crippen LogP contribution in [0.25, 0.3) is 0 Å². The molecule has 3 nitrogen and oxygen atoms in total. The van der Waals surface area contributed by atoms with Gasteiger partial charge in [-0.3, -0.25) is 4.55 Å². The molecule has 0 bridgehead atoms. The minimum absolute atomic E-state index is 0.127. The van der Waals surface area contributed by atoms with Crippen molar-refractivity contribution in [1.82, 2.24) is 0 Å². The van der Waals surface area contributed by atoms with E-state index in [4.69, 9.17) is 16.2 Å². The molecule has 0 radical (unpaired) electrons. The van der Waals surface area contributed by atoms with E-state index in [0.717, 1.165) is 11.3 Å². The summed E-state index contributed by atoms with van der Waals surface area (Å²) in [6.45, 7) is 0. The van der Waals surface area contributed by atoms with E-state index in [1.54, 1.807) is 0 Å². The van der Waals surface area contributed by atoms with Gasteiger partial charge in [0.15, 0.2) is 0 Å². The monoisotopic (exact) mass is 198 g/mol. The van der Waals surface area contributed by atoms with Crippen molar-refractivity contribution in [3.05, 3.63) is 16.5 Å². The van der Waals surface area contributed by atoms with Crippen LogP contribution in [0.4, 0.5) is 0 Å². The summed E-state index contributed by atoms with van der Waals surface area (Å²) in [4.78, 5) is 0. The van der Waals surface area contributed by atoms with Crippen molar-refractivity contribution in [2.24, 2.45) is 0 Å². The van der Waals surface area contributed by atoms with E-state index in [2.05, 4.69) is 0 Å². The first-order chi connectivity index (χ1) is 4.50. The molecule has 1 heterocycles. The van der Waals surface area contributed by atoms with Crippen LogP contribution in [0.1, 0.15) is 0 Å². The molecular formula is C4H3ClO3S2. The van der Waals surface area contributed by atoms with Gasteiger partial charge < -0.3 is 0 Å². The van der Waals surface area contributed by atoms with Gasteiger partial charge in [0.25, 0.3) is 0 Å². The number of hydrogen-bond donors (Lipinski definition) is 1. The van der Waals surface area contributed by atoms with Crippen molar-refractivity contribution in [1.29, 1.82) is 0 Å². The number of halogens is 1. The summed E-state index contributed by atoms with van der Waals surface area (Å²) in [6, 6.07) is 1.20. The number of rotatable bonds is 1. The fraction of sp³-hybridized carbons (Fsp3) is 0. The molecule has 0 saturated carbocycles. The fourth-order valence-corrected chi connectivity index (χ4v) is 2.20. The zero-order chi connectivity index (χ0) is 7.78. The van der Waals surface area contributed by atoms with Crippen LogP contribution in [0.2, 0.25) is 5.02 Å². The van der Waals surface area contributed by atoms with Gasteiger partial charge in [0.1, 0.15) is 4.21 Å². The molecule has 0 aromatic carbocycles. The first kappa shape index (κ1) is 8.00. The van der Waals surface area contributed by atoms with Crippen molar-refractivity contribution in [3.63, 3.8) is 0 Å². The summed E-state index contributed by atoms with van der Waals surface area (Å²) in [5.74, 6) is 0. The molecule has 0 aliphatic carbocycles. The lowest BCUT2D eigenvalue weighted by Crippen LogP contribution is -1.92. The molecule has 1 aromatic rings. The summed E-state index contributed by atoms with van der Waals surface area (Å²) >= 11 is 6.29. The Balaban J connectivity index is 3.21. The SMILES string of the molecule is O=S(=O)(O)c1cc(Cl)cs1. The van der Waals surface area contributed by atoms with Crippen molar-refractivity contribution < 1.29 is 13.0 Å². The number of hydrogen-bond acceptors (Lipinski definition) is 3. The Kier molecular flexibility index (Phi) is 2.00. The Morgan fingerprint density at radius 3 is 2.40 bits per heavy atom. The molecule has 0 aliphatic rings. The Labute approximate surface area is 67.0 Å². The molecule has 0 fully saturated rings. The molecule has 1 rings (SSSR count). The highest BCUT2D eigenvalue weighted by molar-refractivity contribution is 7.88. The van der Waals surface area contributed by atoms with Gasteiger partial charge in [-0.05, 0) is 6.07 Å². The minimum atomic E-state index is -4.05. The van der Waals surface area contributed by atoms with Gasteiger partial charge >= 0.3 is 10.1 Å². The average molecular weight is 199 g/mol. The van der Waals surface area contributed by atoms with Crippen LogP contribution in [0.3, 0.4) is 0 Å². The third-order valence-electron chi connectivity index (χ3n) is 0.798. The predicted molar refractivity (Wildman–Crippen MR) is 39.1 cm³/mol. The minimum Gasteiger partial charge on any atom is -0.281 e. The smallest absolute Gasteiger partial charge is 0.281 e. The van der Waals surface area contributed by atoms with Crippen molar-refractivity contribution in [2.75, 3.05) is 0 Å². The van der Waals surface area contributed by atoms with Crippen molar-refractivity contribution in [3.8, 4) is 0 Å². The van der Waals surface area contributed by atoms with Crippen LogP contribution in [-0.4, -0.2) is 13.0 Å². The molecule has 0 atom stereocenters. The largest absolute Gasteiger partial charge is 0.304 e. The van der Waals surface area contributed by atoms with E-state index in [9.17, 15) is 8.42 Å². The Hall–Kier alpha value is -0.100. The predicted octanol–water partition coefficient (Wildman–Crippen LogP) is 1.65. The summed E-state index contributed by atoms with van der Waals surface area (Å²) in [6.07, 6.45) is 0. The highest BCUT2D eigenvalue weighted by Gasteiger charge is 2.11. The standard InChI is InChI=1S/C4H3ClO3S2/c5-3-1-4(9-2-3)10(6,7)8/h1-2H,(H,6,7,8). The van der Waals surface area contributed by atoms with Crippen LogP contribution in [0.5, 0.6) is 0 Å². The molecule has 6 heteroatoms. The highest BCUT2D eigenvalue weighted by atomic mass is 35.5. The van der Waals surface area contributed by atoms with Crippen LogP contribution >= 0.6 is 22.9 Å². The fourth-order valence-electron chi connectivity index (χ4n) is 0.430. The van der Waals surface area contributed by atoms with Gasteiger partial charge in [0.2, 0.25) is 0 Å². The second-order valence-corrected chi connectivity index (χ2v) is 4.56. The molecule has 0 aliphatic heterocycles. The van der Waals surface area contributed by atoms with Crippen LogP contribution < -0.4 is 0 Å². The Bertz CT molecular complexity index is 326. The molecule has 1 aromatic heterocycles. The summed E-state index contributed by atoms with van der Waals surface area (Å²) in [7, 11) is -4.05. The lowest BCUT2D eigenvalue weighted by atomic mass is 10.7. The maximum Gasteiger partial charge on any atom is 0.304 e. The van der Waals surface area contributed by atoms with Gasteiger partial charge in [0.05, 0.1) is 5.02 Å². The van der Waals surface area contributed by atoms with Crippen molar-refractivity contribution >= 4 is 33.1 Å². The summed E-state index contributed by atoms with van der Waals surface area (Å²) in [5, 5.41) is 1.75. The normalized spacial score (nSPS) is 11.8. The summed E-state index contributed by atoms with van der Waals surface area (Å²) < 4.78 is 29.0. The second-order valence-electron chi connectivity index (χ2n) is 1.56. The maximum atomic E-state index is 10.4. The third-order valence-corrected chi connectivity index (χ3v) is 3.41. The van der Waals surface area contributed by atoms with Crippen LogP contribution in [-0.2, 0) is 10.1 Å². The van der Waals surface area contributed by atoms with Gasteiger partial charge in [-0.15, -0.1) is 11.3 Å². The molecule has 0 unspecified atom stereocenters. The van der Waals surface area contributed by atoms with Crippen LogP contribution in [0.15, 0.2) is 15.7 Å². The third kappa shape index (κ3) is 1.69. The molecule has 0 amide bonds. The van der Waals surface area contributed by atoms with E-state index in [1.165, 1.54) is 11.4 Å². The molecule has 1 N–H and O–H groups in total. The molecule has 10 heavy (non-hydrogen) atoms. The lowest BCUT2D eigenvalue weighted by Gasteiger charge is -1.85. The topological polar surface area (TPSA) is 54.4 Å². The van der Waals surface area contributed by atoms with E-state index in [0.29, 0.717) is 5.02 Å². The zero-order valence-electron chi connectivity index (χ0n) is 4.61. The van der Waals surface area contributed by atoms with Gasteiger partial charge in [0, 0.05) is 5.38 Å². The highest BCUT2D eigenvalue weighted by Crippen LogP contribution is 2.22. The molecule has 56 valence electrons. The first-order valence-corrected chi connectivity index (χ1v) is 4.91.